The van der Waals surface area contributed by atoms with Crippen molar-refractivity contribution in [1.82, 2.24) is 9.88 Å². The molecule has 0 radical (unpaired) electrons. The van der Waals surface area contributed by atoms with Crippen molar-refractivity contribution < 1.29 is 9.53 Å². The zero-order chi connectivity index (χ0) is 11.8. The maximum atomic E-state index is 11.1. The van der Waals surface area contributed by atoms with E-state index in [-0.39, 0.29) is 12.5 Å². The number of aromatic nitrogens is 1. The normalized spacial score (nSPS) is 9.38. The van der Waals surface area contributed by atoms with E-state index in [1.807, 2.05) is 29.8 Å². The molecule has 0 bridgehead atoms. The molecule has 0 fully saturated rings. The number of nitrogens with one attached hydrogen (secondary N) is 1. The Hall–Kier alpha value is -1.73. The third-order valence-corrected chi connectivity index (χ3v) is 2.15. The van der Waals surface area contributed by atoms with E-state index in [0.29, 0.717) is 13.1 Å². The molecule has 16 heavy (non-hydrogen) atoms. The Kier molecular flexibility index (Phi) is 5.17. The SMILES string of the molecule is CC#CCNCc1cccn1CC(=O)OC. The average molecular weight is 220 g/mol. The van der Waals surface area contributed by atoms with Crippen LogP contribution in [0, 0.1) is 11.8 Å². The second-order valence-corrected chi connectivity index (χ2v) is 3.23. The third kappa shape index (κ3) is 3.79. The lowest BCUT2D eigenvalue weighted by Crippen LogP contribution is -2.19. The number of carbonyl (C=O) groups is 1. The van der Waals surface area contributed by atoms with Crippen molar-refractivity contribution in [2.45, 2.75) is 20.0 Å². The molecular formula is C12H16N2O2. The van der Waals surface area contributed by atoms with Gasteiger partial charge in [-0.15, -0.1) is 5.92 Å². The van der Waals surface area contributed by atoms with Crippen LogP contribution in [-0.2, 0) is 22.6 Å². The van der Waals surface area contributed by atoms with Crippen LogP contribution < -0.4 is 5.32 Å². The van der Waals surface area contributed by atoms with Crippen LogP contribution >= 0.6 is 0 Å². The monoisotopic (exact) mass is 220 g/mol. The van der Waals surface area contributed by atoms with Crippen molar-refractivity contribution in [2.75, 3.05) is 13.7 Å². The summed E-state index contributed by atoms with van der Waals surface area (Å²) >= 11 is 0. The summed E-state index contributed by atoms with van der Waals surface area (Å²) in [4.78, 5) is 11.1. The van der Waals surface area contributed by atoms with Crippen molar-refractivity contribution in [3.8, 4) is 11.8 Å². The van der Waals surface area contributed by atoms with Crippen molar-refractivity contribution in [2.24, 2.45) is 0 Å². The van der Waals surface area contributed by atoms with Crippen molar-refractivity contribution in [3.63, 3.8) is 0 Å². The lowest BCUT2D eigenvalue weighted by atomic mass is 10.4. The first-order chi connectivity index (χ1) is 7.77. The van der Waals surface area contributed by atoms with E-state index in [0.717, 1.165) is 5.69 Å². The molecule has 0 aromatic carbocycles. The first-order valence-corrected chi connectivity index (χ1v) is 5.09. The summed E-state index contributed by atoms with van der Waals surface area (Å²) in [5.74, 6) is 5.49. The molecule has 4 nitrogen and oxygen atoms in total. The Balaban J connectivity index is 2.49. The molecule has 1 rings (SSSR count). The first kappa shape index (κ1) is 12.3. The molecule has 0 unspecified atom stereocenters. The number of hydrogen-bond donors (Lipinski definition) is 1. The molecule has 4 heteroatoms. The number of nitrogens with zero attached hydrogens (tertiary/aromatic N) is 1. The fraction of sp³-hybridized carbons (Fsp3) is 0.417. The summed E-state index contributed by atoms with van der Waals surface area (Å²) in [6.07, 6.45) is 1.86. The molecule has 0 aliphatic rings. The molecular weight excluding hydrogens is 204 g/mol. The number of ether oxygens (including phenoxy) is 1. The fourth-order valence-electron chi connectivity index (χ4n) is 1.31. The van der Waals surface area contributed by atoms with Crippen LogP contribution in [0.4, 0.5) is 0 Å². The number of rotatable bonds is 5. The molecule has 1 N–H and O–H groups in total. The number of methoxy groups -OCH3 is 1. The molecule has 86 valence electrons. The van der Waals surface area contributed by atoms with E-state index in [2.05, 4.69) is 21.9 Å². The maximum Gasteiger partial charge on any atom is 0.325 e. The van der Waals surface area contributed by atoms with Gasteiger partial charge in [0.1, 0.15) is 6.54 Å². The van der Waals surface area contributed by atoms with Crippen LogP contribution in [-0.4, -0.2) is 24.2 Å². The zero-order valence-corrected chi connectivity index (χ0v) is 9.62. The molecule has 0 aliphatic heterocycles. The molecule has 0 saturated heterocycles. The van der Waals surface area contributed by atoms with E-state index in [1.165, 1.54) is 7.11 Å². The van der Waals surface area contributed by atoms with E-state index < -0.39 is 0 Å². The predicted octanol–water partition coefficient (Wildman–Crippen LogP) is 0.774. The minimum absolute atomic E-state index is 0.245. The highest BCUT2D eigenvalue weighted by Crippen LogP contribution is 2.02. The Morgan fingerprint density at radius 3 is 3.12 bits per heavy atom. The van der Waals surface area contributed by atoms with Gasteiger partial charge in [0.25, 0.3) is 0 Å². The molecule has 1 aromatic rings. The smallest absolute Gasteiger partial charge is 0.325 e. The molecule has 0 amide bonds. The summed E-state index contributed by atoms with van der Waals surface area (Å²) < 4.78 is 6.48. The zero-order valence-electron chi connectivity index (χ0n) is 9.62. The molecule has 1 aromatic heterocycles. The summed E-state index contributed by atoms with van der Waals surface area (Å²) in [6, 6.07) is 3.88. The highest BCUT2D eigenvalue weighted by Gasteiger charge is 2.05. The second kappa shape index (κ2) is 6.70. The quantitative estimate of drug-likeness (QED) is 0.453. The van der Waals surface area contributed by atoms with E-state index in [1.54, 1.807) is 0 Å². The van der Waals surface area contributed by atoms with Crippen molar-refractivity contribution >= 4 is 5.97 Å². The van der Waals surface area contributed by atoms with E-state index >= 15 is 0 Å². The van der Waals surface area contributed by atoms with Gasteiger partial charge in [0.05, 0.1) is 13.7 Å². The third-order valence-electron chi connectivity index (χ3n) is 2.15. The van der Waals surface area contributed by atoms with Gasteiger partial charge in [-0.05, 0) is 19.1 Å². The van der Waals surface area contributed by atoms with E-state index in [9.17, 15) is 4.79 Å². The van der Waals surface area contributed by atoms with Crippen LogP contribution in [0.15, 0.2) is 18.3 Å². The van der Waals surface area contributed by atoms with Crippen molar-refractivity contribution in [1.29, 1.82) is 0 Å². The fourth-order valence-corrected chi connectivity index (χ4v) is 1.31. The lowest BCUT2D eigenvalue weighted by molar-refractivity contribution is -0.141. The first-order valence-electron chi connectivity index (χ1n) is 5.09. The Bertz CT molecular complexity index is 399. The molecule has 0 spiro atoms. The standard InChI is InChI=1S/C12H16N2O2/c1-3-4-7-13-9-11-6-5-8-14(11)10-12(15)16-2/h5-6,8,13H,7,9-10H2,1-2H3. The molecule has 1 heterocycles. The molecule has 0 aliphatic carbocycles. The highest BCUT2D eigenvalue weighted by molar-refractivity contribution is 5.69. The molecule has 0 saturated carbocycles. The van der Waals surface area contributed by atoms with Gasteiger partial charge in [0.15, 0.2) is 0 Å². The minimum atomic E-state index is -0.245. The highest BCUT2D eigenvalue weighted by atomic mass is 16.5. The predicted molar refractivity (Wildman–Crippen MR) is 61.6 cm³/mol. The summed E-state index contributed by atoms with van der Waals surface area (Å²) in [5, 5.41) is 3.17. The summed E-state index contributed by atoms with van der Waals surface area (Å²) in [6.45, 7) is 3.40. The average Bonchev–Trinajstić information content (AvgIpc) is 2.72. The van der Waals surface area contributed by atoms with Crippen LogP contribution in [0.1, 0.15) is 12.6 Å². The number of carbonyl (C=O) groups excluding carboxylic acids is 1. The van der Waals surface area contributed by atoms with Crippen LogP contribution in [0.3, 0.4) is 0 Å². The Morgan fingerprint density at radius 2 is 2.44 bits per heavy atom. The number of hydrogen-bond acceptors (Lipinski definition) is 3. The van der Waals surface area contributed by atoms with Gasteiger partial charge < -0.3 is 14.6 Å². The minimum Gasteiger partial charge on any atom is -0.468 e. The number of esters is 1. The van der Waals surface area contributed by atoms with Gasteiger partial charge >= 0.3 is 5.97 Å². The largest absolute Gasteiger partial charge is 0.468 e. The molecule has 0 atom stereocenters. The Labute approximate surface area is 95.6 Å². The van der Waals surface area contributed by atoms with Crippen LogP contribution in [0.2, 0.25) is 0 Å². The van der Waals surface area contributed by atoms with Gasteiger partial charge in [-0.2, -0.15) is 0 Å². The Morgan fingerprint density at radius 1 is 1.62 bits per heavy atom. The van der Waals surface area contributed by atoms with Crippen molar-refractivity contribution in [3.05, 3.63) is 24.0 Å². The van der Waals surface area contributed by atoms with Gasteiger partial charge in [-0.1, -0.05) is 5.92 Å². The summed E-state index contributed by atoms with van der Waals surface area (Å²) in [7, 11) is 1.39. The van der Waals surface area contributed by atoms with Gasteiger partial charge in [-0.3, -0.25) is 4.79 Å². The second-order valence-electron chi connectivity index (χ2n) is 3.23. The lowest BCUT2D eigenvalue weighted by Gasteiger charge is -2.07. The summed E-state index contributed by atoms with van der Waals surface area (Å²) in [5.41, 5.74) is 1.04. The maximum absolute atomic E-state index is 11.1. The topological polar surface area (TPSA) is 43.3 Å². The van der Waals surface area contributed by atoms with Gasteiger partial charge in [-0.25, -0.2) is 0 Å². The van der Waals surface area contributed by atoms with Crippen LogP contribution in [0.5, 0.6) is 0 Å². The van der Waals surface area contributed by atoms with Crippen LogP contribution in [0.25, 0.3) is 0 Å². The van der Waals surface area contributed by atoms with Gasteiger partial charge in [0, 0.05) is 18.4 Å². The van der Waals surface area contributed by atoms with E-state index in [4.69, 9.17) is 0 Å². The van der Waals surface area contributed by atoms with Gasteiger partial charge in [0.2, 0.25) is 0 Å².